The van der Waals surface area contributed by atoms with Crippen molar-refractivity contribution in [3.05, 3.63) is 0 Å². The lowest BCUT2D eigenvalue weighted by Gasteiger charge is -2.44. The molecule has 19 heavy (non-hydrogen) atoms. The number of carboxylic acid groups (broad SMARTS) is 1. The maximum atomic E-state index is 12.0. The van der Waals surface area contributed by atoms with Gasteiger partial charge in [-0.1, -0.05) is 0 Å². The predicted molar refractivity (Wildman–Crippen MR) is 65.5 cm³/mol. The Morgan fingerprint density at radius 3 is 2.47 bits per heavy atom. The molecule has 0 spiro atoms. The summed E-state index contributed by atoms with van der Waals surface area (Å²) in [6, 6.07) is -2.05. The van der Waals surface area contributed by atoms with Crippen LogP contribution < -0.4 is 5.32 Å². The molecule has 1 heterocycles. The fourth-order valence-corrected chi connectivity index (χ4v) is 1.98. The first-order valence-electron chi connectivity index (χ1n) is 5.89. The van der Waals surface area contributed by atoms with E-state index in [0.717, 1.165) is 0 Å². The van der Waals surface area contributed by atoms with Gasteiger partial charge in [0.05, 0.1) is 6.61 Å². The van der Waals surface area contributed by atoms with E-state index in [-0.39, 0.29) is 5.91 Å². The van der Waals surface area contributed by atoms with Crippen LogP contribution in [0.2, 0.25) is 0 Å². The Morgan fingerprint density at radius 2 is 2.00 bits per heavy atom. The summed E-state index contributed by atoms with van der Waals surface area (Å²) in [7, 11) is 1.65. The smallest absolute Gasteiger partial charge is 0.328 e. The number of likely N-dealkylation sites (N-methyl/N-ethyl adjacent to an activating group) is 1. The second-order valence-corrected chi connectivity index (χ2v) is 4.96. The van der Waals surface area contributed by atoms with Gasteiger partial charge in [0.15, 0.2) is 6.04 Å². The molecule has 0 aliphatic carbocycles. The van der Waals surface area contributed by atoms with Gasteiger partial charge in [0.25, 0.3) is 0 Å². The normalized spacial score (nSPS) is 20.1. The zero-order valence-electron chi connectivity index (χ0n) is 11.2. The van der Waals surface area contributed by atoms with Gasteiger partial charge in [-0.2, -0.15) is 0 Å². The second kappa shape index (κ2) is 5.43. The minimum Gasteiger partial charge on any atom is -0.480 e. The molecule has 0 bridgehead atoms. The molecule has 1 fully saturated rings. The molecule has 3 N–H and O–H groups in total. The van der Waals surface area contributed by atoms with Crippen LogP contribution in [0.25, 0.3) is 0 Å². The number of nitrogens with zero attached hydrogens (tertiary/aromatic N) is 2. The molecule has 108 valence electrons. The summed E-state index contributed by atoms with van der Waals surface area (Å²) in [6.45, 7) is 3.17. The molecule has 0 radical (unpaired) electrons. The molecular formula is C11H19N3O5. The Bertz CT molecular complexity index is 396. The Kier molecular flexibility index (Phi) is 4.35. The quantitative estimate of drug-likeness (QED) is 0.591. The van der Waals surface area contributed by atoms with Crippen LogP contribution in [0.4, 0.5) is 4.79 Å². The minimum atomic E-state index is -1.38. The highest BCUT2D eigenvalue weighted by atomic mass is 16.4. The average molecular weight is 273 g/mol. The molecule has 0 aromatic carbocycles. The SMILES string of the molecule is CN1CCN(C(=O)N[C@H](CO)C(=O)O)C(C)(C)C1=O. The summed E-state index contributed by atoms with van der Waals surface area (Å²) in [6.07, 6.45) is 0. The third kappa shape index (κ3) is 2.95. The Morgan fingerprint density at radius 1 is 1.42 bits per heavy atom. The van der Waals surface area contributed by atoms with E-state index in [4.69, 9.17) is 10.2 Å². The molecule has 1 aliphatic heterocycles. The van der Waals surface area contributed by atoms with Crippen molar-refractivity contribution >= 4 is 17.9 Å². The van der Waals surface area contributed by atoms with Gasteiger partial charge in [-0.3, -0.25) is 4.79 Å². The largest absolute Gasteiger partial charge is 0.480 e. The van der Waals surface area contributed by atoms with Gasteiger partial charge < -0.3 is 25.3 Å². The van der Waals surface area contributed by atoms with Crippen molar-refractivity contribution in [1.29, 1.82) is 0 Å². The van der Waals surface area contributed by atoms with Crippen LogP contribution in [0, 0.1) is 0 Å². The molecule has 1 aliphatic rings. The summed E-state index contributed by atoms with van der Waals surface area (Å²) in [5.41, 5.74) is -1.05. The number of aliphatic hydroxyl groups is 1. The molecule has 0 unspecified atom stereocenters. The van der Waals surface area contributed by atoms with E-state index in [1.54, 1.807) is 20.9 Å². The van der Waals surface area contributed by atoms with Crippen molar-refractivity contribution < 1.29 is 24.6 Å². The number of piperazine rings is 1. The lowest BCUT2D eigenvalue weighted by atomic mass is 9.98. The topological polar surface area (TPSA) is 110 Å². The van der Waals surface area contributed by atoms with Crippen molar-refractivity contribution in [2.75, 3.05) is 26.7 Å². The van der Waals surface area contributed by atoms with Crippen LogP contribution in [-0.4, -0.2) is 76.2 Å². The summed E-state index contributed by atoms with van der Waals surface area (Å²) >= 11 is 0. The van der Waals surface area contributed by atoms with Gasteiger partial charge in [0.1, 0.15) is 5.54 Å². The number of amides is 3. The van der Waals surface area contributed by atoms with E-state index in [0.29, 0.717) is 13.1 Å². The molecule has 8 nitrogen and oxygen atoms in total. The number of hydrogen-bond donors (Lipinski definition) is 3. The molecule has 1 saturated heterocycles. The van der Waals surface area contributed by atoms with E-state index in [9.17, 15) is 14.4 Å². The van der Waals surface area contributed by atoms with E-state index >= 15 is 0 Å². The lowest BCUT2D eigenvalue weighted by Crippen LogP contribution is -2.66. The highest BCUT2D eigenvalue weighted by Crippen LogP contribution is 2.21. The molecule has 1 rings (SSSR count). The van der Waals surface area contributed by atoms with Crippen molar-refractivity contribution in [2.45, 2.75) is 25.4 Å². The van der Waals surface area contributed by atoms with Crippen molar-refractivity contribution in [3.8, 4) is 0 Å². The highest BCUT2D eigenvalue weighted by molar-refractivity contribution is 5.92. The molecule has 3 amide bonds. The fraction of sp³-hybridized carbons (Fsp3) is 0.727. The summed E-state index contributed by atoms with van der Waals surface area (Å²) in [4.78, 5) is 37.6. The molecule has 0 aromatic rings. The summed E-state index contributed by atoms with van der Waals surface area (Å²) in [5, 5.41) is 19.8. The second-order valence-electron chi connectivity index (χ2n) is 4.96. The Balaban J connectivity index is 2.82. The molecule has 0 saturated carbocycles. The minimum absolute atomic E-state index is 0.218. The fourth-order valence-electron chi connectivity index (χ4n) is 1.98. The third-order valence-corrected chi connectivity index (χ3v) is 3.23. The first kappa shape index (κ1) is 15.2. The van der Waals surface area contributed by atoms with Gasteiger partial charge >= 0.3 is 12.0 Å². The molecule has 1 atom stereocenters. The first-order chi connectivity index (χ1) is 8.71. The number of rotatable bonds is 3. The van der Waals surface area contributed by atoms with Gasteiger partial charge in [0.2, 0.25) is 5.91 Å². The number of urea groups is 1. The number of hydrogen-bond acceptors (Lipinski definition) is 4. The highest BCUT2D eigenvalue weighted by Gasteiger charge is 2.43. The predicted octanol–water partition coefficient (Wildman–Crippen LogP) is -1.31. The van der Waals surface area contributed by atoms with E-state index in [1.807, 2.05) is 0 Å². The maximum Gasteiger partial charge on any atom is 0.328 e. The van der Waals surface area contributed by atoms with Crippen molar-refractivity contribution in [3.63, 3.8) is 0 Å². The zero-order chi connectivity index (χ0) is 14.8. The molecular weight excluding hydrogens is 254 g/mol. The van der Waals surface area contributed by atoms with Gasteiger partial charge in [-0.15, -0.1) is 0 Å². The average Bonchev–Trinajstić information content (AvgIpc) is 2.32. The van der Waals surface area contributed by atoms with Crippen LogP contribution in [-0.2, 0) is 9.59 Å². The van der Waals surface area contributed by atoms with Crippen LogP contribution in [0.1, 0.15) is 13.8 Å². The number of nitrogens with one attached hydrogen (secondary N) is 1. The maximum absolute atomic E-state index is 12.0. The van der Waals surface area contributed by atoms with Crippen LogP contribution in [0.5, 0.6) is 0 Å². The van der Waals surface area contributed by atoms with Gasteiger partial charge in [-0.25, -0.2) is 9.59 Å². The Hall–Kier alpha value is -1.83. The van der Waals surface area contributed by atoms with Crippen molar-refractivity contribution in [2.24, 2.45) is 0 Å². The van der Waals surface area contributed by atoms with Crippen LogP contribution >= 0.6 is 0 Å². The van der Waals surface area contributed by atoms with Crippen LogP contribution in [0.15, 0.2) is 0 Å². The molecule has 8 heteroatoms. The number of aliphatic hydroxyl groups excluding tert-OH is 1. The lowest BCUT2D eigenvalue weighted by molar-refractivity contribution is -0.144. The third-order valence-electron chi connectivity index (χ3n) is 3.23. The van der Waals surface area contributed by atoms with Crippen LogP contribution in [0.3, 0.4) is 0 Å². The van der Waals surface area contributed by atoms with E-state index in [1.165, 1.54) is 9.80 Å². The van der Waals surface area contributed by atoms with Gasteiger partial charge in [-0.05, 0) is 13.8 Å². The monoisotopic (exact) mass is 273 g/mol. The number of carbonyl (C=O) groups excluding carboxylic acids is 2. The molecule has 0 aromatic heterocycles. The van der Waals surface area contributed by atoms with E-state index < -0.39 is 30.2 Å². The first-order valence-corrected chi connectivity index (χ1v) is 5.89. The van der Waals surface area contributed by atoms with Crippen molar-refractivity contribution in [1.82, 2.24) is 15.1 Å². The standard InChI is InChI=1S/C11H19N3O5/c1-11(2)9(18)13(3)4-5-14(11)10(19)12-7(6-15)8(16)17/h7,15H,4-6H2,1-3H3,(H,12,19)(H,16,17)/t7-/m1/s1. The summed E-state index contributed by atoms with van der Waals surface area (Å²) < 4.78 is 0. The number of carbonyl (C=O) groups is 3. The van der Waals surface area contributed by atoms with E-state index in [2.05, 4.69) is 5.32 Å². The Labute approximate surface area is 111 Å². The van der Waals surface area contributed by atoms with Gasteiger partial charge in [0, 0.05) is 20.1 Å². The summed E-state index contributed by atoms with van der Waals surface area (Å²) in [5.74, 6) is -1.54. The number of aliphatic carboxylic acids is 1. The number of carboxylic acids is 1. The zero-order valence-corrected chi connectivity index (χ0v) is 11.2.